The fraction of sp³-hybridized carbons (Fsp3) is 0.385. The van der Waals surface area contributed by atoms with Gasteiger partial charge in [0.2, 0.25) is 0 Å². The van der Waals surface area contributed by atoms with Gasteiger partial charge in [-0.15, -0.1) is 0 Å². The number of hydrogen-bond donors (Lipinski definition) is 1. The molecule has 2 aromatic carbocycles. The van der Waals surface area contributed by atoms with E-state index in [-0.39, 0.29) is 5.56 Å². The molecule has 1 atom stereocenters. The Morgan fingerprint density at radius 3 is 2.58 bits per heavy atom. The fourth-order valence-electron chi connectivity index (χ4n) is 4.41. The van der Waals surface area contributed by atoms with Gasteiger partial charge < -0.3 is 10.1 Å². The zero-order valence-electron chi connectivity index (χ0n) is 20.1. The van der Waals surface area contributed by atoms with Crippen LogP contribution in [0.5, 0.6) is 5.75 Å². The maximum atomic E-state index is 12.8. The van der Waals surface area contributed by atoms with Gasteiger partial charge >= 0.3 is 6.18 Å². The molecule has 1 fully saturated rings. The number of amides is 1. The number of benzene rings is 2. The third-order valence-corrected chi connectivity index (χ3v) is 7.02. The van der Waals surface area contributed by atoms with Crippen molar-refractivity contribution in [3.05, 3.63) is 64.3 Å². The Balaban J connectivity index is 1.53. The Morgan fingerprint density at radius 1 is 1.19 bits per heavy atom. The van der Waals surface area contributed by atoms with E-state index in [1.807, 2.05) is 7.05 Å². The first-order valence-electron chi connectivity index (χ1n) is 11.8. The third kappa shape index (κ3) is 6.10. The third-order valence-electron chi connectivity index (χ3n) is 6.44. The van der Waals surface area contributed by atoms with Crippen molar-refractivity contribution >= 4 is 27.5 Å². The minimum atomic E-state index is -4.46. The Labute approximate surface area is 216 Å². The van der Waals surface area contributed by atoms with Crippen LogP contribution in [0.15, 0.2) is 53.1 Å². The molecule has 4 rings (SSSR count). The van der Waals surface area contributed by atoms with Crippen molar-refractivity contribution in [3.63, 3.8) is 0 Å². The van der Waals surface area contributed by atoms with Crippen molar-refractivity contribution in [2.45, 2.75) is 38.4 Å². The maximum Gasteiger partial charge on any atom is 0.416 e. The van der Waals surface area contributed by atoms with Crippen LogP contribution in [-0.2, 0) is 13.2 Å². The number of alkyl halides is 3. The minimum absolute atomic E-state index is 0.127. The number of rotatable bonds is 7. The van der Waals surface area contributed by atoms with E-state index in [1.165, 1.54) is 19.3 Å². The Kier molecular flexibility index (Phi) is 8.04. The van der Waals surface area contributed by atoms with E-state index in [1.54, 1.807) is 29.1 Å². The van der Waals surface area contributed by atoms with Gasteiger partial charge in [-0.25, -0.2) is 0 Å². The number of anilines is 1. The van der Waals surface area contributed by atoms with Gasteiger partial charge in [-0.2, -0.15) is 18.3 Å². The number of aryl methyl sites for hydroxylation is 1. The van der Waals surface area contributed by atoms with Crippen LogP contribution >= 0.6 is 15.9 Å². The Bertz CT molecular complexity index is 1190. The number of carbonyl (C=O) groups excluding carboxylic acids is 1. The molecule has 10 heteroatoms. The molecule has 1 N–H and O–H groups in total. The highest BCUT2D eigenvalue weighted by Crippen LogP contribution is 2.37. The molecule has 0 aliphatic carbocycles. The van der Waals surface area contributed by atoms with Gasteiger partial charge in [0.15, 0.2) is 0 Å². The number of likely N-dealkylation sites (tertiary alicyclic amines) is 1. The highest BCUT2D eigenvalue weighted by Gasteiger charge is 2.30. The molecule has 1 aromatic heterocycles. The van der Waals surface area contributed by atoms with E-state index in [0.29, 0.717) is 24.1 Å². The molecule has 0 radical (unpaired) electrons. The van der Waals surface area contributed by atoms with Crippen molar-refractivity contribution in [1.82, 2.24) is 14.7 Å². The number of carbonyl (C=O) groups is 1. The SMILES string of the molecule is CC1CCCCN1CCOc1ccc(NC(=O)c2ccc(C(F)(F)F)cc2)cc1-c1c(Br)cnn1C. The zero-order chi connectivity index (χ0) is 25.9. The summed E-state index contributed by atoms with van der Waals surface area (Å²) < 4.78 is 47.2. The largest absolute Gasteiger partial charge is 0.492 e. The maximum absolute atomic E-state index is 12.8. The van der Waals surface area contributed by atoms with Crippen molar-refractivity contribution in [3.8, 4) is 17.0 Å². The smallest absolute Gasteiger partial charge is 0.416 e. The van der Waals surface area contributed by atoms with Gasteiger partial charge in [-0.05, 0) is 84.7 Å². The van der Waals surface area contributed by atoms with Crippen molar-refractivity contribution < 1.29 is 22.7 Å². The lowest BCUT2D eigenvalue weighted by Gasteiger charge is -2.33. The summed E-state index contributed by atoms with van der Waals surface area (Å²) in [5, 5.41) is 7.06. The molecule has 192 valence electrons. The van der Waals surface area contributed by atoms with Crippen LogP contribution < -0.4 is 10.1 Å². The summed E-state index contributed by atoms with van der Waals surface area (Å²) in [7, 11) is 1.81. The van der Waals surface area contributed by atoms with Crippen LogP contribution in [0.1, 0.15) is 42.1 Å². The summed E-state index contributed by atoms with van der Waals surface area (Å²) in [6, 6.07) is 9.94. The molecule has 1 amide bonds. The van der Waals surface area contributed by atoms with Gasteiger partial charge in [-0.3, -0.25) is 14.4 Å². The van der Waals surface area contributed by atoms with Crippen molar-refractivity contribution in [2.75, 3.05) is 25.0 Å². The first-order valence-corrected chi connectivity index (χ1v) is 12.6. The van der Waals surface area contributed by atoms with Crippen LogP contribution in [0, 0.1) is 0 Å². The van der Waals surface area contributed by atoms with Gasteiger partial charge in [0.25, 0.3) is 5.91 Å². The first-order chi connectivity index (χ1) is 17.1. The number of hydrogen-bond acceptors (Lipinski definition) is 4. The Hall–Kier alpha value is -2.85. The molecule has 1 saturated heterocycles. The molecule has 1 unspecified atom stereocenters. The van der Waals surface area contributed by atoms with Crippen LogP contribution in [0.4, 0.5) is 18.9 Å². The molecule has 0 saturated carbocycles. The summed E-state index contributed by atoms with van der Waals surface area (Å²) in [6.07, 6.45) is 0.881. The molecule has 36 heavy (non-hydrogen) atoms. The normalized spacial score (nSPS) is 16.7. The lowest BCUT2D eigenvalue weighted by atomic mass is 10.0. The standard InChI is InChI=1S/C26H28BrF3N4O2/c1-17-5-3-4-12-34(17)13-14-36-23-11-10-20(15-21(23)24-22(27)16-31-33(24)2)32-25(35)18-6-8-19(9-7-18)26(28,29)30/h6-11,15-17H,3-5,12-14H2,1-2H3,(H,32,35). The predicted octanol–water partition coefficient (Wildman–Crippen LogP) is 6.37. The van der Waals surface area contributed by atoms with E-state index >= 15 is 0 Å². The van der Waals surface area contributed by atoms with Crippen molar-refractivity contribution in [1.29, 1.82) is 0 Å². The topological polar surface area (TPSA) is 59.4 Å². The summed E-state index contributed by atoms with van der Waals surface area (Å²) in [5.74, 6) is 0.142. The molecule has 2 heterocycles. The zero-order valence-corrected chi connectivity index (χ0v) is 21.7. The van der Waals surface area contributed by atoms with E-state index in [9.17, 15) is 18.0 Å². The van der Waals surface area contributed by atoms with Crippen LogP contribution in [-0.4, -0.2) is 46.3 Å². The van der Waals surface area contributed by atoms with Crippen LogP contribution in [0.2, 0.25) is 0 Å². The molecular weight excluding hydrogens is 537 g/mol. The summed E-state index contributed by atoms with van der Waals surface area (Å²) in [4.78, 5) is 15.1. The number of nitrogens with one attached hydrogen (secondary N) is 1. The van der Waals surface area contributed by atoms with Crippen molar-refractivity contribution in [2.24, 2.45) is 7.05 Å². The molecule has 0 spiro atoms. The molecule has 3 aromatic rings. The number of piperidine rings is 1. The quantitative estimate of drug-likeness (QED) is 0.362. The second kappa shape index (κ2) is 11.0. The average Bonchev–Trinajstić information content (AvgIpc) is 3.18. The Morgan fingerprint density at radius 2 is 1.94 bits per heavy atom. The van der Waals surface area contributed by atoms with Gasteiger partial charge in [0, 0.05) is 36.4 Å². The number of nitrogens with zero attached hydrogens (tertiary/aromatic N) is 3. The molecule has 1 aliphatic heterocycles. The van der Waals surface area contributed by atoms with E-state index in [4.69, 9.17) is 4.74 Å². The van der Waals surface area contributed by atoms with E-state index < -0.39 is 17.6 Å². The van der Waals surface area contributed by atoms with Gasteiger partial charge in [0.1, 0.15) is 12.4 Å². The highest BCUT2D eigenvalue weighted by atomic mass is 79.9. The second-order valence-electron chi connectivity index (χ2n) is 8.93. The molecule has 0 bridgehead atoms. The van der Waals surface area contributed by atoms with E-state index in [2.05, 4.69) is 38.2 Å². The monoisotopic (exact) mass is 564 g/mol. The number of ether oxygens (including phenoxy) is 1. The molecular formula is C26H28BrF3N4O2. The van der Waals surface area contributed by atoms with Gasteiger partial charge in [-0.1, -0.05) is 6.42 Å². The summed E-state index contributed by atoms with van der Waals surface area (Å²) in [5.41, 5.74) is 1.32. The predicted molar refractivity (Wildman–Crippen MR) is 136 cm³/mol. The van der Waals surface area contributed by atoms with Crippen LogP contribution in [0.3, 0.4) is 0 Å². The average molecular weight is 565 g/mol. The van der Waals surface area contributed by atoms with Gasteiger partial charge in [0.05, 0.1) is 21.9 Å². The summed E-state index contributed by atoms with van der Waals surface area (Å²) in [6.45, 7) is 4.65. The van der Waals surface area contributed by atoms with Crippen LogP contribution in [0.25, 0.3) is 11.3 Å². The fourth-order valence-corrected chi connectivity index (χ4v) is 4.97. The first kappa shape index (κ1) is 26.2. The molecule has 6 nitrogen and oxygen atoms in total. The summed E-state index contributed by atoms with van der Waals surface area (Å²) >= 11 is 3.54. The highest BCUT2D eigenvalue weighted by molar-refractivity contribution is 9.10. The second-order valence-corrected chi connectivity index (χ2v) is 9.79. The minimum Gasteiger partial charge on any atom is -0.492 e. The lowest BCUT2D eigenvalue weighted by Crippen LogP contribution is -2.39. The lowest BCUT2D eigenvalue weighted by molar-refractivity contribution is -0.137. The number of aromatic nitrogens is 2. The van der Waals surface area contributed by atoms with E-state index in [0.717, 1.165) is 53.1 Å². The number of halogens is 4. The molecule has 1 aliphatic rings.